The molecule has 0 saturated heterocycles. The lowest BCUT2D eigenvalue weighted by atomic mass is 10.1. The van der Waals surface area contributed by atoms with Crippen molar-refractivity contribution < 1.29 is 9.90 Å². The zero-order valence-electron chi connectivity index (χ0n) is 11.2. The molecule has 0 aromatic carbocycles. The molecule has 100 valence electrons. The second-order valence-corrected chi connectivity index (χ2v) is 4.34. The first-order valence-corrected chi connectivity index (χ1v) is 6.40. The molecule has 1 atom stereocenters. The molecule has 1 rings (SSSR count). The van der Waals surface area contributed by atoms with E-state index in [2.05, 4.69) is 15.3 Å². The number of rotatable bonds is 7. The highest BCUT2D eigenvalue weighted by molar-refractivity contribution is 5.76. The molecule has 0 aliphatic carbocycles. The maximum atomic E-state index is 11.1. The van der Waals surface area contributed by atoms with Crippen molar-refractivity contribution in [3.63, 3.8) is 0 Å². The summed E-state index contributed by atoms with van der Waals surface area (Å²) in [6.07, 6.45) is 3.21. The highest BCUT2D eigenvalue weighted by Gasteiger charge is 2.17. The van der Waals surface area contributed by atoms with Gasteiger partial charge < -0.3 is 10.4 Å². The molecule has 0 bridgehead atoms. The summed E-state index contributed by atoms with van der Waals surface area (Å²) in [7, 11) is 0. The van der Waals surface area contributed by atoms with Crippen molar-refractivity contribution in [1.29, 1.82) is 0 Å². The Morgan fingerprint density at radius 3 is 2.72 bits per heavy atom. The predicted octanol–water partition coefficient (Wildman–Crippen LogP) is 2.40. The SMILES string of the molecule is CCCC[C@H](Nc1cc(C)nc(CC)n1)C(=O)O. The van der Waals surface area contributed by atoms with Crippen molar-refractivity contribution in [2.45, 2.75) is 52.5 Å². The van der Waals surface area contributed by atoms with Crippen molar-refractivity contribution in [3.8, 4) is 0 Å². The minimum absolute atomic E-state index is 0.580. The Kier molecular flexibility index (Phi) is 5.55. The second-order valence-electron chi connectivity index (χ2n) is 4.34. The van der Waals surface area contributed by atoms with Gasteiger partial charge in [0.2, 0.25) is 0 Å². The number of carbonyl (C=O) groups is 1. The van der Waals surface area contributed by atoms with Gasteiger partial charge >= 0.3 is 5.97 Å². The molecule has 0 fully saturated rings. The fourth-order valence-corrected chi connectivity index (χ4v) is 1.71. The van der Waals surface area contributed by atoms with Crippen molar-refractivity contribution in [2.75, 3.05) is 5.32 Å². The number of carboxylic acids is 1. The van der Waals surface area contributed by atoms with Crippen LogP contribution in [0.3, 0.4) is 0 Å². The summed E-state index contributed by atoms with van der Waals surface area (Å²) in [6, 6.07) is 1.20. The van der Waals surface area contributed by atoms with Crippen molar-refractivity contribution in [3.05, 3.63) is 17.6 Å². The Morgan fingerprint density at radius 2 is 2.17 bits per heavy atom. The van der Waals surface area contributed by atoms with Crippen LogP contribution >= 0.6 is 0 Å². The number of hydrogen-bond acceptors (Lipinski definition) is 4. The number of carboxylic acid groups (broad SMARTS) is 1. The average Bonchev–Trinajstić information content (AvgIpc) is 2.33. The van der Waals surface area contributed by atoms with Crippen molar-refractivity contribution in [1.82, 2.24) is 9.97 Å². The molecule has 0 amide bonds. The smallest absolute Gasteiger partial charge is 0.326 e. The number of aromatic nitrogens is 2. The van der Waals surface area contributed by atoms with Crippen LogP contribution < -0.4 is 5.32 Å². The van der Waals surface area contributed by atoms with Crippen LogP contribution in [-0.4, -0.2) is 27.1 Å². The Labute approximate surface area is 108 Å². The molecule has 0 aliphatic rings. The summed E-state index contributed by atoms with van der Waals surface area (Å²) in [5.41, 5.74) is 0.851. The summed E-state index contributed by atoms with van der Waals surface area (Å²) in [5, 5.41) is 12.1. The number of aryl methyl sites for hydroxylation is 2. The van der Waals surface area contributed by atoms with E-state index in [4.69, 9.17) is 5.11 Å². The summed E-state index contributed by atoms with van der Waals surface area (Å²) in [6.45, 7) is 5.90. The third kappa shape index (κ3) is 4.31. The van der Waals surface area contributed by atoms with Crippen LogP contribution in [0.1, 0.15) is 44.6 Å². The van der Waals surface area contributed by atoms with Gasteiger partial charge in [-0.2, -0.15) is 0 Å². The van der Waals surface area contributed by atoms with Crippen LogP contribution in [0.4, 0.5) is 5.82 Å². The molecule has 5 heteroatoms. The Morgan fingerprint density at radius 1 is 1.44 bits per heavy atom. The Bertz CT molecular complexity index is 407. The Hall–Kier alpha value is -1.65. The number of unbranched alkanes of at least 4 members (excludes halogenated alkanes) is 1. The Balaban J connectivity index is 2.79. The lowest BCUT2D eigenvalue weighted by molar-refractivity contribution is -0.138. The molecule has 0 radical (unpaired) electrons. The number of aliphatic carboxylic acids is 1. The van der Waals surface area contributed by atoms with Crippen LogP contribution in [-0.2, 0) is 11.2 Å². The third-order valence-electron chi connectivity index (χ3n) is 2.68. The molecular formula is C13H21N3O2. The molecule has 1 aromatic rings. The molecule has 5 nitrogen and oxygen atoms in total. The van der Waals surface area contributed by atoms with Gasteiger partial charge in [-0.05, 0) is 13.3 Å². The minimum atomic E-state index is -0.835. The molecule has 18 heavy (non-hydrogen) atoms. The normalized spacial score (nSPS) is 12.2. The van der Waals surface area contributed by atoms with E-state index in [1.54, 1.807) is 6.07 Å². The van der Waals surface area contributed by atoms with E-state index in [0.717, 1.165) is 30.8 Å². The highest BCUT2D eigenvalue weighted by atomic mass is 16.4. The largest absolute Gasteiger partial charge is 0.480 e. The standard InChI is InChI=1S/C13H21N3O2/c1-4-6-7-10(13(17)18)15-12-8-9(3)14-11(5-2)16-12/h8,10H,4-7H2,1-3H3,(H,17,18)(H,14,15,16)/t10-/m0/s1. The van der Waals surface area contributed by atoms with Gasteiger partial charge in [0.05, 0.1) is 0 Å². The number of anilines is 1. The predicted molar refractivity (Wildman–Crippen MR) is 70.7 cm³/mol. The van der Waals surface area contributed by atoms with Gasteiger partial charge in [-0.1, -0.05) is 26.7 Å². The fraction of sp³-hybridized carbons (Fsp3) is 0.615. The van der Waals surface area contributed by atoms with Crippen LogP contribution in [0.25, 0.3) is 0 Å². The highest BCUT2D eigenvalue weighted by Crippen LogP contribution is 2.11. The summed E-state index contributed by atoms with van der Waals surface area (Å²) in [4.78, 5) is 19.7. The van der Waals surface area contributed by atoms with E-state index in [0.29, 0.717) is 12.2 Å². The van der Waals surface area contributed by atoms with E-state index >= 15 is 0 Å². The molecule has 0 saturated carbocycles. The maximum Gasteiger partial charge on any atom is 0.326 e. The number of nitrogens with zero attached hydrogens (tertiary/aromatic N) is 2. The van der Waals surface area contributed by atoms with Crippen molar-refractivity contribution in [2.24, 2.45) is 0 Å². The lowest BCUT2D eigenvalue weighted by Crippen LogP contribution is -2.29. The zero-order chi connectivity index (χ0) is 13.5. The minimum Gasteiger partial charge on any atom is -0.480 e. The molecule has 1 aromatic heterocycles. The monoisotopic (exact) mass is 251 g/mol. The lowest BCUT2D eigenvalue weighted by Gasteiger charge is -2.15. The van der Waals surface area contributed by atoms with E-state index in [1.165, 1.54) is 0 Å². The van der Waals surface area contributed by atoms with Crippen molar-refractivity contribution >= 4 is 11.8 Å². The van der Waals surface area contributed by atoms with Gasteiger partial charge in [0.1, 0.15) is 17.7 Å². The second kappa shape index (κ2) is 6.93. The van der Waals surface area contributed by atoms with Gasteiger partial charge in [0.15, 0.2) is 0 Å². The summed E-state index contributed by atoms with van der Waals surface area (Å²) < 4.78 is 0. The first-order valence-electron chi connectivity index (χ1n) is 6.40. The van der Waals surface area contributed by atoms with Gasteiger partial charge in [-0.25, -0.2) is 14.8 Å². The summed E-state index contributed by atoms with van der Waals surface area (Å²) in [5.74, 6) is 0.498. The average molecular weight is 251 g/mol. The van der Waals surface area contributed by atoms with Gasteiger partial charge in [-0.15, -0.1) is 0 Å². The van der Waals surface area contributed by atoms with Crippen LogP contribution in [0.2, 0.25) is 0 Å². The quantitative estimate of drug-likeness (QED) is 0.778. The van der Waals surface area contributed by atoms with Crippen LogP contribution in [0, 0.1) is 6.92 Å². The molecule has 0 aliphatic heterocycles. The molecular weight excluding hydrogens is 230 g/mol. The van der Waals surface area contributed by atoms with Gasteiger partial charge in [0.25, 0.3) is 0 Å². The maximum absolute atomic E-state index is 11.1. The molecule has 2 N–H and O–H groups in total. The summed E-state index contributed by atoms with van der Waals surface area (Å²) >= 11 is 0. The van der Waals surface area contributed by atoms with E-state index < -0.39 is 12.0 Å². The topological polar surface area (TPSA) is 75.1 Å². The zero-order valence-corrected chi connectivity index (χ0v) is 11.2. The first-order chi connectivity index (χ1) is 8.56. The van der Waals surface area contributed by atoms with Crippen LogP contribution in [0.5, 0.6) is 0 Å². The van der Waals surface area contributed by atoms with Gasteiger partial charge in [0, 0.05) is 18.2 Å². The van der Waals surface area contributed by atoms with Gasteiger partial charge in [-0.3, -0.25) is 0 Å². The molecule has 0 unspecified atom stereocenters. The first kappa shape index (κ1) is 14.4. The molecule has 0 spiro atoms. The van der Waals surface area contributed by atoms with E-state index in [9.17, 15) is 4.79 Å². The van der Waals surface area contributed by atoms with Crippen LogP contribution in [0.15, 0.2) is 6.07 Å². The number of hydrogen-bond donors (Lipinski definition) is 2. The molecule has 1 heterocycles. The third-order valence-corrected chi connectivity index (χ3v) is 2.68. The van der Waals surface area contributed by atoms with E-state index in [1.807, 2.05) is 20.8 Å². The fourth-order valence-electron chi connectivity index (χ4n) is 1.71. The number of nitrogens with one attached hydrogen (secondary N) is 1. The van der Waals surface area contributed by atoms with E-state index in [-0.39, 0.29) is 0 Å².